The van der Waals surface area contributed by atoms with Gasteiger partial charge in [-0.1, -0.05) is 5.16 Å². The first kappa shape index (κ1) is 15.3. The second-order valence-electron chi connectivity index (χ2n) is 5.37. The zero-order valence-corrected chi connectivity index (χ0v) is 12.6. The normalized spacial score (nSPS) is 19.0. The number of rotatable bonds is 6. The van der Waals surface area contributed by atoms with Crippen LogP contribution in [0, 0.1) is 12.8 Å². The van der Waals surface area contributed by atoms with Gasteiger partial charge >= 0.3 is 0 Å². The van der Waals surface area contributed by atoms with Crippen molar-refractivity contribution in [3.05, 3.63) is 16.5 Å². The molecule has 2 heterocycles. The first-order chi connectivity index (χ1) is 9.66. The molecular formula is C14H22ClN3O2. The van der Waals surface area contributed by atoms with Crippen molar-refractivity contribution in [3.63, 3.8) is 0 Å². The highest BCUT2D eigenvalue weighted by atomic mass is 35.5. The van der Waals surface area contributed by atoms with E-state index < -0.39 is 0 Å². The first-order valence-electron chi connectivity index (χ1n) is 7.25. The Morgan fingerprint density at radius 1 is 1.60 bits per heavy atom. The summed E-state index contributed by atoms with van der Waals surface area (Å²) in [6.45, 7) is 4.79. The lowest BCUT2D eigenvalue weighted by Gasteiger charge is -2.22. The Morgan fingerprint density at radius 3 is 3.10 bits per heavy atom. The van der Waals surface area contributed by atoms with Gasteiger partial charge in [0.15, 0.2) is 0 Å². The Bertz CT molecular complexity index is 422. The number of carbonyl (C=O) groups excluding carboxylic acids is 1. The molecule has 6 heteroatoms. The predicted molar refractivity (Wildman–Crippen MR) is 77.8 cm³/mol. The molecule has 2 rings (SSSR count). The van der Waals surface area contributed by atoms with Gasteiger partial charge in [0.1, 0.15) is 0 Å². The number of amides is 1. The Morgan fingerprint density at radius 2 is 2.45 bits per heavy atom. The minimum Gasteiger partial charge on any atom is -0.356 e. The molecule has 0 radical (unpaired) electrons. The van der Waals surface area contributed by atoms with Gasteiger partial charge in [0.05, 0.1) is 5.69 Å². The summed E-state index contributed by atoms with van der Waals surface area (Å²) in [5.74, 6) is 0.754. The average Bonchev–Trinajstić information content (AvgIpc) is 2.77. The lowest BCUT2D eigenvalue weighted by atomic mass is 9.96. The van der Waals surface area contributed by atoms with Gasteiger partial charge in [0, 0.05) is 18.5 Å². The molecule has 1 saturated heterocycles. The van der Waals surface area contributed by atoms with E-state index >= 15 is 0 Å². The fourth-order valence-electron chi connectivity index (χ4n) is 2.55. The van der Waals surface area contributed by atoms with Gasteiger partial charge < -0.3 is 15.2 Å². The van der Waals surface area contributed by atoms with Crippen molar-refractivity contribution >= 4 is 17.5 Å². The fourth-order valence-corrected chi connectivity index (χ4v) is 2.82. The summed E-state index contributed by atoms with van der Waals surface area (Å²) in [4.78, 5) is 11.8. The second kappa shape index (κ2) is 7.64. The number of aryl methyl sites for hydroxylation is 1. The van der Waals surface area contributed by atoms with Crippen molar-refractivity contribution in [1.29, 1.82) is 0 Å². The zero-order valence-electron chi connectivity index (χ0n) is 11.9. The smallest absolute Gasteiger partial charge is 0.229 e. The number of nitrogens with one attached hydrogen (secondary N) is 2. The molecular weight excluding hydrogens is 278 g/mol. The summed E-state index contributed by atoms with van der Waals surface area (Å²) in [5.41, 5.74) is 1.59. The van der Waals surface area contributed by atoms with Gasteiger partial charge in [0.25, 0.3) is 0 Å². The van der Waals surface area contributed by atoms with E-state index in [0.29, 0.717) is 24.0 Å². The number of hydrogen-bond donors (Lipinski definition) is 2. The number of nitrogens with zero attached hydrogens (tertiary/aromatic N) is 1. The van der Waals surface area contributed by atoms with E-state index in [1.54, 1.807) is 0 Å². The molecule has 0 aliphatic carbocycles. The molecule has 1 unspecified atom stereocenters. The van der Waals surface area contributed by atoms with E-state index in [0.717, 1.165) is 37.3 Å². The maximum absolute atomic E-state index is 11.8. The van der Waals surface area contributed by atoms with Crippen LogP contribution in [-0.2, 0) is 11.2 Å². The molecule has 0 aromatic carbocycles. The molecule has 1 amide bonds. The van der Waals surface area contributed by atoms with Crippen LogP contribution >= 0.6 is 11.6 Å². The van der Waals surface area contributed by atoms with E-state index in [9.17, 15) is 4.79 Å². The second-order valence-corrected chi connectivity index (χ2v) is 5.71. The quantitative estimate of drug-likeness (QED) is 0.844. The number of carbonyl (C=O) groups is 1. The van der Waals surface area contributed by atoms with Crippen LogP contribution < -0.4 is 10.6 Å². The number of halogens is 1. The predicted octanol–water partition coefficient (Wildman–Crippen LogP) is 2.07. The van der Waals surface area contributed by atoms with Crippen LogP contribution in [0.15, 0.2) is 4.52 Å². The summed E-state index contributed by atoms with van der Waals surface area (Å²) in [7, 11) is 0. The highest BCUT2D eigenvalue weighted by Crippen LogP contribution is 2.20. The van der Waals surface area contributed by atoms with Crippen molar-refractivity contribution in [1.82, 2.24) is 15.8 Å². The maximum Gasteiger partial charge on any atom is 0.229 e. The number of aromatic nitrogens is 1. The van der Waals surface area contributed by atoms with Crippen molar-refractivity contribution in [3.8, 4) is 0 Å². The summed E-state index contributed by atoms with van der Waals surface area (Å²) >= 11 is 5.87. The Hall–Kier alpha value is -1.07. The van der Waals surface area contributed by atoms with Crippen molar-refractivity contribution in [2.45, 2.75) is 39.0 Å². The molecule has 1 aliphatic rings. The van der Waals surface area contributed by atoms with Crippen molar-refractivity contribution in [2.75, 3.05) is 19.6 Å². The molecule has 5 nitrogen and oxygen atoms in total. The Kier molecular flexibility index (Phi) is 5.86. The topological polar surface area (TPSA) is 67.2 Å². The average molecular weight is 300 g/mol. The van der Waals surface area contributed by atoms with Gasteiger partial charge in [-0.3, -0.25) is 4.79 Å². The highest BCUT2D eigenvalue weighted by molar-refractivity contribution is 6.29. The van der Waals surface area contributed by atoms with Crippen LogP contribution in [0.4, 0.5) is 0 Å². The molecule has 0 spiro atoms. The molecule has 20 heavy (non-hydrogen) atoms. The largest absolute Gasteiger partial charge is 0.356 e. The molecule has 2 N–H and O–H groups in total. The van der Waals surface area contributed by atoms with Crippen LogP contribution in [0.25, 0.3) is 0 Å². The third kappa shape index (κ3) is 4.49. The lowest BCUT2D eigenvalue weighted by Crippen LogP contribution is -2.33. The van der Waals surface area contributed by atoms with E-state index in [1.165, 1.54) is 12.8 Å². The highest BCUT2D eigenvalue weighted by Gasteiger charge is 2.14. The minimum absolute atomic E-state index is 0.0606. The van der Waals surface area contributed by atoms with Crippen LogP contribution in [-0.4, -0.2) is 30.7 Å². The minimum atomic E-state index is 0.0606. The van der Waals surface area contributed by atoms with E-state index in [2.05, 4.69) is 15.8 Å². The Labute approximate surface area is 124 Å². The van der Waals surface area contributed by atoms with Gasteiger partial charge in [-0.2, -0.15) is 0 Å². The Balaban J connectivity index is 1.63. The summed E-state index contributed by atoms with van der Waals surface area (Å²) < 4.78 is 4.86. The summed E-state index contributed by atoms with van der Waals surface area (Å²) in [5, 5.41) is 10.4. The van der Waals surface area contributed by atoms with Crippen molar-refractivity contribution in [2.24, 2.45) is 5.92 Å². The van der Waals surface area contributed by atoms with Crippen molar-refractivity contribution < 1.29 is 9.32 Å². The maximum atomic E-state index is 11.8. The SMILES string of the molecule is Cc1noc(Cl)c1CCC(=O)NCCC1CCCNC1. The fraction of sp³-hybridized carbons (Fsp3) is 0.714. The standard InChI is InChI=1S/C14H22ClN3O2/c1-10-12(14(15)20-18-10)4-5-13(19)17-8-6-11-3-2-7-16-9-11/h11,16H,2-9H2,1H3,(H,17,19). The number of piperidine rings is 1. The van der Waals surface area contributed by atoms with Gasteiger partial charge in [0.2, 0.25) is 11.1 Å². The third-order valence-corrected chi connectivity index (χ3v) is 4.11. The van der Waals surface area contributed by atoms with Crippen LogP contribution in [0.2, 0.25) is 5.22 Å². The molecule has 1 aliphatic heterocycles. The summed E-state index contributed by atoms with van der Waals surface area (Å²) in [6, 6.07) is 0. The summed E-state index contributed by atoms with van der Waals surface area (Å²) in [6.07, 6.45) is 4.55. The van der Waals surface area contributed by atoms with Crippen LogP contribution in [0.1, 0.15) is 36.9 Å². The molecule has 0 bridgehead atoms. The molecule has 1 fully saturated rings. The zero-order chi connectivity index (χ0) is 14.4. The van der Waals surface area contributed by atoms with Crippen LogP contribution in [0.3, 0.4) is 0 Å². The van der Waals surface area contributed by atoms with E-state index in [-0.39, 0.29) is 5.91 Å². The molecule has 1 atom stereocenters. The monoisotopic (exact) mass is 299 g/mol. The molecule has 112 valence electrons. The first-order valence-corrected chi connectivity index (χ1v) is 7.62. The molecule has 1 aromatic rings. The van der Waals surface area contributed by atoms with Crippen LogP contribution in [0.5, 0.6) is 0 Å². The van der Waals surface area contributed by atoms with Gasteiger partial charge in [-0.15, -0.1) is 0 Å². The molecule has 0 saturated carbocycles. The van der Waals surface area contributed by atoms with E-state index in [1.807, 2.05) is 6.92 Å². The van der Waals surface area contributed by atoms with E-state index in [4.69, 9.17) is 16.1 Å². The number of hydrogen-bond acceptors (Lipinski definition) is 4. The molecule has 1 aromatic heterocycles. The lowest BCUT2D eigenvalue weighted by molar-refractivity contribution is -0.121. The third-order valence-electron chi connectivity index (χ3n) is 3.81. The van der Waals surface area contributed by atoms with Gasteiger partial charge in [-0.05, 0) is 63.2 Å². The van der Waals surface area contributed by atoms with Gasteiger partial charge in [-0.25, -0.2) is 0 Å².